The van der Waals surface area contributed by atoms with Gasteiger partial charge in [-0.15, -0.1) is 0 Å². The van der Waals surface area contributed by atoms with Gasteiger partial charge in [-0.2, -0.15) is 0 Å². The lowest BCUT2D eigenvalue weighted by atomic mass is 9.92. The van der Waals surface area contributed by atoms with Crippen LogP contribution in [0, 0.1) is 23.7 Å². The predicted molar refractivity (Wildman–Crippen MR) is 78.9 cm³/mol. The van der Waals surface area contributed by atoms with Crippen LogP contribution < -0.4 is 0 Å². The van der Waals surface area contributed by atoms with E-state index >= 15 is 0 Å². The van der Waals surface area contributed by atoms with Gasteiger partial charge in [0.25, 0.3) is 0 Å². The second-order valence-electron chi connectivity index (χ2n) is 7.42. The van der Waals surface area contributed by atoms with Crippen molar-refractivity contribution in [1.29, 1.82) is 0 Å². The maximum absolute atomic E-state index is 12.8. The molecule has 2 saturated heterocycles. The molecule has 0 radical (unpaired) electrons. The maximum atomic E-state index is 12.8. The van der Waals surface area contributed by atoms with Crippen molar-refractivity contribution in [2.75, 3.05) is 19.6 Å². The number of urea groups is 1. The van der Waals surface area contributed by atoms with Gasteiger partial charge in [-0.3, -0.25) is 0 Å². The van der Waals surface area contributed by atoms with Crippen LogP contribution in [0.15, 0.2) is 0 Å². The SMILES string of the molecule is CC1CC(C)CN(C(=O)N2CC3CCCC3C2C(=O)O)C1. The number of piperidine rings is 1. The average molecular weight is 294 g/mol. The molecule has 0 aromatic rings. The van der Waals surface area contributed by atoms with Crippen LogP contribution in [0.2, 0.25) is 0 Å². The van der Waals surface area contributed by atoms with Gasteiger partial charge < -0.3 is 14.9 Å². The molecule has 3 aliphatic rings. The third-order valence-electron chi connectivity index (χ3n) is 5.53. The number of likely N-dealkylation sites (tertiary alicyclic amines) is 2. The molecular weight excluding hydrogens is 268 g/mol. The Hall–Kier alpha value is -1.26. The number of carboxylic acid groups (broad SMARTS) is 1. The summed E-state index contributed by atoms with van der Waals surface area (Å²) >= 11 is 0. The Labute approximate surface area is 126 Å². The zero-order chi connectivity index (χ0) is 15.1. The van der Waals surface area contributed by atoms with Crippen LogP contribution >= 0.6 is 0 Å². The Morgan fingerprint density at radius 3 is 2.33 bits per heavy atom. The normalized spacial score (nSPS) is 39.4. The van der Waals surface area contributed by atoms with Gasteiger partial charge in [-0.05, 0) is 42.9 Å². The molecule has 1 saturated carbocycles. The molecule has 5 heteroatoms. The average Bonchev–Trinajstić information content (AvgIpc) is 2.95. The highest BCUT2D eigenvalue weighted by Gasteiger charge is 2.50. The number of carbonyl (C=O) groups is 2. The summed E-state index contributed by atoms with van der Waals surface area (Å²) in [6, 6.07) is -0.646. The molecule has 118 valence electrons. The first-order valence-corrected chi connectivity index (χ1v) is 8.25. The monoisotopic (exact) mass is 294 g/mol. The van der Waals surface area contributed by atoms with E-state index in [9.17, 15) is 14.7 Å². The molecule has 2 heterocycles. The molecule has 0 bridgehead atoms. The van der Waals surface area contributed by atoms with E-state index in [-0.39, 0.29) is 11.9 Å². The molecule has 2 aliphatic heterocycles. The van der Waals surface area contributed by atoms with Gasteiger partial charge in [-0.25, -0.2) is 9.59 Å². The van der Waals surface area contributed by atoms with Crippen LogP contribution in [0.1, 0.15) is 39.5 Å². The summed E-state index contributed by atoms with van der Waals surface area (Å²) in [5, 5.41) is 9.57. The van der Waals surface area contributed by atoms with Gasteiger partial charge in [0.2, 0.25) is 0 Å². The van der Waals surface area contributed by atoms with Gasteiger partial charge in [0.1, 0.15) is 6.04 Å². The Kier molecular flexibility index (Phi) is 3.84. The summed E-state index contributed by atoms with van der Waals surface area (Å²) in [6.07, 6.45) is 4.29. The Morgan fingerprint density at radius 2 is 1.71 bits per heavy atom. The molecule has 0 aromatic heterocycles. The molecule has 5 nitrogen and oxygen atoms in total. The second-order valence-corrected chi connectivity index (χ2v) is 7.42. The molecule has 1 aliphatic carbocycles. The maximum Gasteiger partial charge on any atom is 0.326 e. The van der Waals surface area contributed by atoms with Gasteiger partial charge >= 0.3 is 12.0 Å². The van der Waals surface area contributed by atoms with Crippen LogP contribution in [-0.2, 0) is 4.79 Å². The Balaban J connectivity index is 1.75. The predicted octanol–water partition coefficient (Wildman–Crippen LogP) is 2.27. The van der Waals surface area contributed by atoms with Gasteiger partial charge in [0, 0.05) is 19.6 Å². The van der Waals surface area contributed by atoms with Crippen molar-refractivity contribution in [3.8, 4) is 0 Å². The van der Waals surface area contributed by atoms with Crippen LogP contribution in [0.5, 0.6) is 0 Å². The van der Waals surface area contributed by atoms with Crippen LogP contribution in [0.25, 0.3) is 0 Å². The number of hydrogen-bond acceptors (Lipinski definition) is 2. The summed E-state index contributed by atoms with van der Waals surface area (Å²) in [5.74, 6) is 0.753. The fourth-order valence-electron chi connectivity index (χ4n) is 4.82. The van der Waals surface area contributed by atoms with Crippen molar-refractivity contribution in [2.24, 2.45) is 23.7 Å². The minimum atomic E-state index is -0.823. The van der Waals surface area contributed by atoms with E-state index in [0.29, 0.717) is 24.3 Å². The zero-order valence-electron chi connectivity index (χ0n) is 13.0. The number of fused-ring (bicyclic) bond motifs is 1. The number of carbonyl (C=O) groups excluding carboxylic acids is 1. The molecule has 21 heavy (non-hydrogen) atoms. The van der Waals surface area contributed by atoms with Gasteiger partial charge in [-0.1, -0.05) is 20.3 Å². The first-order valence-electron chi connectivity index (χ1n) is 8.25. The highest BCUT2D eigenvalue weighted by atomic mass is 16.4. The molecule has 5 unspecified atom stereocenters. The molecule has 2 amide bonds. The van der Waals surface area contributed by atoms with Crippen LogP contribution in [-0.4, -0.2) is 52.6 Å². The summed E-state index contributed by atoms with van der Waals surface area (Å²) in [4.78, 5) is 28.0. The largest absolute Gasteiger partial charge is 0.480 e. The number of amides is 2. The van der Waals surface area contributed by atoms with Crippen molar-refractivity contribution in [1.82, 2.24) is 9.80 Å². The highest BCUT2D eigenvalue weighted by Crippen LogP contribution is 2.42. The minimum Gasteiger partial charge on any atom is -0.480 e. The molecule has 1 N–H and O–H groups in total. The number of aliphatic carboxylic acids is 1. The number of nitrogens with zero attached hydrogens (tertiary/aromatic N) is 2. The summed E-state index contributed by atoms with van der Waals surface area (Å²) in [5.41, 5.74) is 0. The van der Waals surface area contributed by atoms with Crippen molar-refractivity contribution in [2.45, 2.75) is 45.6 Å². The van der Waals surface area contributed by atoms with E-state index in [4.69, 9.17) is 0 Å². The molecule has 0 spiro atoms. The molecular formula is C16H26N2O3. The summed E-state index contributed by atoms with van der Waals surface area (Å²) in [6.45, 7) is 6.51. The van der Waals surface area contributed by atoms with Crippen LogP contribution in [0.4, 0.5) is 4.79 Å². The van der Waals surface area contributed by atoms with E-state index in [0.717, 1.165) is 38.8 Å². The van der Waals surface area contributed by atoms with E-state index in [1.807, 2.05) is 4.90 Å². The molecule has 5 atom stereocenters. The Morgan fingerprint density at radius 1 is 1.05 bits per heavy atom. The number of rotatable bonds is 1. The van der Waals surface area contributed by atoms with Crippen molar-refractivity contribution >= 4 is 12.0 Å². The Bertz CT molecular complexity index is 429. The molecule has 3 rings (SSSR count). The zero-order valence-corrected chi connectivity index (χ0v) is 13.0. The topological polar surface area (TPSA) is 60.9 Å². The second kappa shape index (κ2) is 5.50. The lowest BCUT2D eigenvalue weighted by Crippen LogP contribution is -2.53. The third kappa shape index (κ3) is 2.62. The van der Waals surface area contributed by atoms with Crippen molar-refractivity contribution in [3.63, 3.8) is 0 Å². The fraction of sp³-hybridized carbons (Fsp3) is 0.875. The lowest BCUT2D eigenvalue weighted by Gasteiger charge is -2.38. The minimum absolute atomic E-state index is 0.0461. The van der Waals surface area contributed by atoms with E-state index < -0.39 is 12.0 Å². The van der Waals surface area contributed by atoms with Crippen molar-refractivity contribution < 1.29 is 14.7 Å². The quantitative estimate of drug-likeness (QED) is 0.807. The first-order chi connectivity index (χ1) is 9.97. The van der Waals surface area contributed by atoms with Crippen molar-refractivity contribution in [3.05, 3.63) is 0 Å². The smallest absolute Gasteiger partial charge is 0.326 e. The lowest BCUT2D eigenvalue weighted by molar-refractivity contribution is -0.142. The first kappa shape index (κ1) is 14.7. The fourth-order valence-corrected chi connectivity index (χ4v) is 4.82. The summed E-state index contributed by atoms with van der Waals surface area (Å²) < 4.78 is 0. The van der Waals surface area contributed by atoms with E-state index in [1.165, 1.54) is 0 Å². The molecule has 3 fully saturated rings. The van der Waals surface area contributed by atoms with Gasteiger partial charge in [0.05, 0.1) is 0 Å². The standard InChI is InChI=1S/C16H26N2O3/c1-10-6-11(2)8-17(7-10)16(21)18-9-12-4-3-5-13(12)14(18)15(19)20/h10-14H,3-9H2,1-2H3,(H,19,20). The summed E-state index contributed by atoms with van der Waals surface area (Å²) in [7, 11) is 0. The van der Waals surface area contributed by atoms with E-state index in [1.54, 1.807) is 4.90 Å². The van der Waals surface area contributed by atoms with E-state index in [2.05, 4.69) is 13.8 Å². The number of hydrogen-bond donors (Lipinski definition) is 1. The third-order valence-corrected chi connectivity index (χ3v) is 5.53. The number of carboxylic acids is 1. The highest BCUT2D eigenvalue weighted by molar-refractivity contribution is 5.84. The van der Waals surface area contributed by atoms with Gasteiger partial charge in [0.15, 0.2) is 0 Å². The molecule has 0 aromatic carbocycles. The van der Waals surface area contributed by atoms with Crippen LogP contribution in [0.3, 0.4) is 0 Å².